The van der Waals surface area contributed by atoms with Gasteiger partial charge in [-0.1, -0.05) is 17.7 Å². The van der Waals surface area contributed by atoms with Crippen LogP contribution < -0.4 is 9.04 Å². The van der Waals surface area contributed by atoms with Crippen LogP contribution >= 0.6 is 11.6 Å². The molecule has 0 aliphatic rings. The van der Waals surface area contributed by atoms with Gasteiger partial charge >= 0.3 is 5.97 Å². The second-order valence-electron chi connectivity index (χ2n) is 4.74. The van der Waals surface area contributed by atoms with Crippen molar-refractivity contribution in [2.45, 2.75) is 4.90 Å². The molecule has 0 aromatic heterocycles. The van der Waals surface area contributed by atoms with Crippen molar-refractivity contribution in [1.29, 1.82) is 0 Å². The Balaban J connectivity index is 2.52. The number of hydrogen-bond acceptors (Lipinski definition) is 5. The standard InChI is InChI=1S/C16H16ClNO5S/c1-22-14-5-3-4-13(10-14)18(11-16(19)23-2)24(20,21)15-8-6-12(17)7-9-15/h3-10H,11H2,1-2H3. The van der Waals surface area contributed by atoms with Crippen LogP contribution in [0.5, 0.6) is 5.75 Å². The number of benzene rings is 2. The van der Waals surface area contributed by atoms with Crippen LogP contribution in [0.3, 0.4) is 0 Å². The van der Waals surface area contributed by atoms with Gasteiger partial charge in [-0.15, -0.1) is 0 Å². The highest BCUT2D eigenvalue weighted by molar-refractivity contribution is 7.92. The number of nitrogens with zero attached hydrogens (tertiary/aromatic N) is 1. The number of carbonyl (C=O) groups is 1. The van der Waals surface area contributed by atoms with E-state index in [9.17, 15) is 13.2 Å². The molecular formula is C16H16ClNO5S. The molecule has 0 amide bonds. The van der Waals surface area contributed by atoms with E-state index in [-0.39, 0.29) is 10.6 Å². The summed E-state index contributed by atoms with van der Waals surface area (Å²) >= 11 is 5.81. The normalized spacial score (nSPS) is 11.0. The number of halogens is 1. The van der Waals surface area contributed by atoms with Crippen LogP contribution in [0.1, 0.15) is 0 Å². The lowest BCUT2D eigenvalue weighted by Gasteiger charge is -2.23. The summed E-state index contributed by atoms with van der Waals surface area (Å²) in [5.74, 6) is -0.218. The fourth-order valence-corrected chi connectivity index (χ4v) is 3.52. The molecule has 0 radical (unpaired) electrons. The van der Waals surface area contributed by atoms with E-state index in [1.807, 2.05) is 0 Å². The molecule has 0 fully saturated rings. The number of esters is 1. The average Bonchev–Trinajstić information content (AvgIpc) is 2.59. The Bertz CT molecular complexity index is 821. The van der Waals surface area contributed by atoms with Gasteiger partial charge in [0.1, 0.15) is 12.3 Å². The van der Waals surface area contributed by atoms with E-state index < -0.39 is 22.5 Å². The van der Waals surface area contributed by atoms with Gasteiger partial charge in [-0.05, 0) is 36.4 Å². The molecule has 128 valence electrons. The first kappa shape index (κ1) is 18.1. The van der Waals surface area contributed by atoms with Crippen molar-refractivity contribution in [2.75, 3.05) is 25.1 Å². The van der Waals surface area contributed by atoms with Gasteiger partial charge in [0.15, 0.2) is 0 Å². The van der Waals surface area contributed by atoms with Gasteiger partial charge in [0, 0.05) is 11.1 Å². The summed E-state index contributed by atoms with van der Waals surface area (Å²) in [4.78, 5) is 11.7. The lowest BCUT2D eigenvalue weighted by molar-refractivity contribution is -0.138. The van der Waals surface area contributed by atoms with E-state index in [0.29, 0.717) is 10.8 Å². The third-order valence-electron chi connectivity index (χ3n) is 3.24. The Kier molecular flexibility index (Phi) is 5.69. The molecule has 24 heavy (non-hydrogen) atoms. The van der Waals surface area contributed by atoms with Crippen molar-refractivity contribution >= 4 is 33.3 Å². The number of ether oxygens (including phenoxy) is 2. The number of anilines is 1. The van der Waals surface area contributed by atoms with Crippen molar-refractivity contribution in [2.24, 2.45) is 0 Å². The van der Waals surface area contributed by atoms with Gasteiger partial charge in [0.05, 0.1) is 24.8 Å². The number of hydrogen-bond donors (Lipinski definition) is 0. The molecule has 0 N–H and O–H groups in total. The predicted octanol–water partition coefficient (Wildman–Crippen LogP) is 2.72. The SMILES string of the molecule is COC(=O)CN(c1cccc(OC)c1)S(=O)(=O)c1ccc(Cl)cc1. The Morgan fingerprint density at radius 3 is 2.38 bits per heavy atom. The van der Waals surface area contributed by atoms with E-state index in [0.717, 1.165) is 4.31 Å². The molecule has 0 saturated heterocycles. The predicted molar refractivity (Wildman–Crippen MR) is 91.0 cm³/mol. The summed E-state index contributed by atoms with van der Waals surface area (Å²) in [7, 11) is -1.32. The molecule has 0 unspecified atom stereocenters. The van der Waals surface area contributed by atoms with Crippen LogP contribution in [-0.2, 0) is 19.6 Å². The minimum atomic E-state index is -3.98. The van der Waals surface area contributed by atoms with Crippen molar-refractivity contribution < 1.29 is 22.7 Å². The first-order valence-electron chi connectivity index (χ1n) is 6.87. The number of rotatable bonds is 6. The van der Waals surface area contributed by atoms with Crippen LogP contribution in [0.25, 0.3) is 0 Å². The largest absolute Gasteiger partial charge is 0.497 e. The topological polar surface area (TPSA) is 72.9 Å². The number of carbonyl (C=O) groups excluding carboxylic acids is 1. The monoisotopic (exact) mass is 369 g/mol. The van der Waals surface area contributed by atoms with Gasteiger partial charge in [-0.2, -0.15) is 0 Å². The molecule has 2 aromatic carbocycles. The van der Waals surface area contributed by atoms with Gasteiger partial charge in [0.2, 0.25) is 0 Å². The Morgan fingerprint density at radius 2 is 1.79 bits per heavy atom. The van der Waals surface area contributed by atoms with E-state index in [1.165, 1.54) is 44.6 Å². The lowest BCUT2D eigenvalue weighted by Crippen LogP contribution is -2.36. The Labute approximate surface area is 145 Å². The fraction of sp³-hybridized carbons (Fsp3) is 0.188. The van der Waals surface area contributed by atoms with Crippen molar-refractivity contribution in [3.63, 3.8) is 0 Å². The maximum Gasteiger partial charge on any atom is 0.326 e. The first-order chi connectivity index (χ1) is 11.4. The van der Waals surface area contributed by atoms with Crippen LogP contribution in [0.15, 0.2) is 53.4 Å². The van der Waals surface area contributed by atoms with Gasteiger partial charge < -0.3 is 9.47 Å². The van der Waals surface area contributed by atoms with E-state index >= 15 is 0 Å². The molecule has 6 nitrogen and oxygen atoms in total. The summed E-state index contributed by atoms with van der Waals surface area (Å²) in [6.07, 6.45) is 0. The van der Waals surface area contributed by atoms with Gasteiger partial charge in [-0.25, -0.2) is 8.42 Å². The molecule has 0 bridgehead atoms. The van der Waals surface area contributed by atoms with E-state index in [4.69, 9.17) is 16.3 Å². The zero-order valence-electron chi connectivity index (χ0n) is 13.1. The summed E-state index contributed by atoms with van der Waals surface area (Å²) in [6.45, 7) is -0.464. The highest BCUT2D eigenvalue weighted by Gasteiger charge is 2.27. The Hall–Kier alpha value is -2.25. The van der Waals surface area contributed by atoms with Gasteiger partial charge in [0.25, 0.3) is 10.0 Å². The molecule has 8 heteroatoms. The Morgan fingerprint density at radius 1 is 1.12 bits per heavy atom. The fourth-order valence-electron chi connectivity index (χ4n) is 2.00. The zero-order valence-corrected chi connectivity index (χ0v) is 14.7. The maximum atomic E-state index is 12.9. The molecule has 0 aliphatic heterocycles. The van der Waals surface area contributed by atoms with Crippen LogP contribution in [0.2, 0.25) is 5.02 Å². The lowest BCUT2D eigenvalue weighted by atomic mass is 10.3. The molecule has 0 spiro atoms. The maximum absolute atomic E-state index is 12.9. The average molecular weight is 370 g/mol. The summed E-state index contributed by atoms with van der Waals surface area (Å²) in [6, 6.07) is 12.1. The molecule has 0 saturated carbocycles. The minimum Gasteiger partial charge on any atom is -0.497 e. The minimum absolute atomic E-state index is 0.0126. The zero-order chi connectivity index (χ0) is 17.7. The molecule has 0 atom stereocenters. The molecule has 2 rings (SSSR count). The van der Waals surface area contributed by atoms with Gasteiger partial charge in [-0.3, -0.25) is 9.10 Å². The smallest absolute Gasteiger partial charge is 0.326 e. The molecule has 0 heterocycles. The number of methoxy groups -OCH3 is 2. The van der Waals surface area contributed by atoms with Crippen molar-refractivity contribution in [3.05, 3.63) is 53.6 Å². The highest BCUT2D eigenvalue weighted by atomic mass is 35.5. The highest BCUT2D eigenvalue weighted by Crippen LogP contribution is 2.27. The third-order valence-corrected chi connectivity index (χ3v) is 5.28. The van der Waals surface area contributed by atoms with Crippen LogP contribution in [0, 0.1) is 0 Å². The van der Waals surface area contributed by atoms with E-state index in [2.05, 4.69) is 4.74 Å². The summed E-state index contributed by atoms with van der Waals surface area (Å²) < 4.78 is 36.5. The number of sulfonamides is 1. The summed E-state index contributed by atoms with van der Waals surface area (Å²) in [5, 5.41) is 0.412. The van der Waals surface area contributed by atoms with Crippen molar-refractivity contribution in [1.82, 2.24) is 0 Å². The van der Waals surface area contributed by atoms with Crippen molar-refractivity contribution in [3.8, 4) is 5.75 Å². The molecule has 0 aliphatic carbocycles. The summed E-state index contributed by atoms with van der Waals surface area (Å²) in [5.41, 5.74) is 0.287. The van der Waals surface area contributed by atoms with Crippen LogP contribution in [0.4, 0.5) is 5.69 Å². The first-order valence-corrected chi connectivity index (χ1v) is 8.69. The third kappa shape index (κ3) is 3.98. The molecular weight excluding hydrogens is 354 g/mol. The second-order valence-corrected chi connectivity index (χ2v) is 7.04. The second kappa shape index (κ2) is 7.55. The van der Waals surface area contributed by atoms with Crippen LogP contribution in [-0.4, -0.2) is 35.2 Å². The molecule has 2 aromatic rings. The quantitative estimate of drug-likeness (QED) is 0.732. The van der Waals surface area contributed by atoms with E-state index in [1.54, 1.807) is 18.2 Å².